The Hall–Kier alpha value is -2.05. The average molecular weight is 345 g/mol. The lowest BCUT2D eigenvalue weighted by Gasteiger charge is -2.32. The minimum absolute atomic E-state index is 0.382. The number of ether oxygens (including phenoxy) is 3. The highest BCUT2D eigenvalue weighted by Crippen LogP contribution is 2.30. The molecule has 2 aromatic rings. The smallest absolute Gasteiger partial charge is 0.160 e. The monoisotopic (exact) mass is 345 g/mol. The summed E-state index contributed by atoms with van der Waals surface area (Å²) in [5.41, 5.74) is 3.86. The van der Waals surface area contributed by atoms with Crippen molar-refractivity contribution in [1.29, 1.82) is 0 Å². The summed E-state index contributed by atoms with van der Waals surface area (Å²) in [5.74, 6) is 1.93. The highest BCUT2D eigenvalue weighted by atomic mass is 16.5. The van der Waals surface area contributed by atoms with E-state index in [1.807, 2.05) is 24.0 Å². The molecule has 1 aromatic carbocycles. The molecule has 1 atom stereocenters. The van der Waals surface area contributed by atoms with Gasteiger partial charge in [-0.1, -0.05) is 6.07 Å². The van der Waals surface area contributed by atoms with Crippen molar-refractivity contribution >= 4 is 0 Å². The van der Waals surface area contributed by atoms with Crippen LogP contribution < -0.4 is 9.47 Å². The molecule has 1 aliphatic rings. The molecule has 0 bridgehead atoms. The van der Waals surface area contributed by atoms with Crippen LogP contribution in [0.4, 0.5) is 0 Å². The van der Waals surface area contributed by atoms with E-state index in [4.69, 9.17) is 14.2 Å². The Morgan fingerprint density at radius 2 is 1.96 bits per heavy atom. The van der Waals surface area contributed by atoms with Crippen molar-refractivity contribution in [2.24, 2.45) is 7.05 Å². The molecule has 136 valence electrons. The number of aromatic nitrogens is 2. The Bertz CT molecular complexity index is 714. The van der Waals surface area contributed by atoms with Gasteiger partial charge in [0.05, 0.1) is 32.7 Å². The van der Waals surface area contributed by atoms with Crippen LogP contribution in [0.2, 0.25) is 0 Å². The van der Waals surface area contributed by atoms with Crippen LogP contribution in [0.3, 0.4) is 0 Å². The van der Waals surface area contributed by atoms with Crippen LogP contribution >= 0.6 is 0 Å². The molecule has 1 unspecified atom stereocenters. The largest absolute Gasteiger partial charge is 0.493 e. The Kier molecular flexibility index (Phi) is 5.60. The summed E-state index contributed by atoms with van der Waals surface area (Å²) in [4.78, 5) is 2.48. The first-order valence-electron chi connectivity index (χ1n) is 8.59. The van der Waals surface area contributed by atoms with E-state index in [1.54, 1.807) is 21.3 Å². The zero-order chi connectivity index (χ0) is 17.8. The van der Waals surface area contributed by atoms with E-state index in [0.29, 0.717) is 5.92 Å². The third-order valence-corrected chi connectivity index (χ3v) is 4.92. The summed E-state index contributed by atoms with van der Waals surface area (Å²) in [6.45, 7) is 3.64. The highest BCUT2D eigenvalue weighted by molar-refractivity contribution is 5.43. The maximum Gasteiger partial charge on any atom is 0.160 e. The first kappa shape index (κ1) is 17.8. The summed E-state index contributed by atoms with van der Waals surface area (Å²) >= 11 is 0. The van der Waals surface area contributed by atoms with E-state index in [2.05, 4.69) is 22.1 Å². The van der Waals surface area contributed by atoms with Gasteiger partial charge in [-0.15, -0.1) is 0 Å². The molecule has 6 heteroatoms. The third kappa shape index (κ3) is 3.80. The van der Waals surface area contributed by atoms with Crippen LogP contribution in [0, 0.1) is 0 Å². The van der Waals surface area contributed by atoms with Crippen molar-refractivity contribution < 1.29 is 14.2 Å². The Labute approximate surface area is 149 Å². The molecule has 0 amide bonds. The van der Waals surface area contributed by atoms with Crippen molar-refractivity contribution in [3.8, 4) is 11.5 Å². The minimum Gasteiger partial charge on any atom is -0.493 e. The molecular weight excluding hydrogens is 318 g/mol. The molecule has 0 saturated carbocycles. The average Bonchev–Trinajstić information content (AvgIpc) is 3.01. The van der Waals surface area contributed by atoms with Crippen LogP contribution in [-0.2, 0) is 24.8 Å². The Morgan fingerprint density at radius 1 is 1.16 bits per heavy atom. The molecule has 6 nitrogen and oxygen atoms in total. The van der Waals surface area contributed by atoms with Crippen molar-refractivity contribution in [1.82, 2.24) is 14.7 Å². The molecule has 0 aliphatic carbocycles. The molecule has 3 rings (SSSR count). The normalized spacial score (nSPS) is 17.4. The van der Waals surface area contributed by atoms with Crippen molar-refractivity contribution in [3.05, 3.63) is 41.2 Å². The summed E-state index contributed by atoms with van der Waals surface area (Å²) in [6.07, 6.45) is 2.96. The molecule has 25 heavy (non-hydrogen) atoms. The Balaban J connectivity index is 1.68. The number of hydrogen-bond donors (Lipinski definition) is 0. The second kappa shape index (κ2) is 7.89. The van der Waals surface area contributed by atoms with Gasteiger partial charge in [0, 0.05) is 45.3 Å². The lowest BCUT2D eigenvalue weighted by Crippen LogP contribution is -2.37. The predicted octanol–water partition coefficient (Wildman–Crippen LogP) is 2.23. The summed E-state index contributed by atoms with van der Waals surface area (Å²) in [5, 5.41) is 4.43. The van der Waals surface area contributed by atoms with Crippen molar-refractivity contribution in [3.63, 3.8) is 0 Å². The number of aryl methyl sites for hydroxylation is 1. The van der Waals surface area contributed by atoms with E-state index in [0.717, 1.165) is 44.2 Å². The molecule has 0 spiro atoms. The lowest BCUT2D eigenvalue weighted by molar-refractivity contribution is 0.138. The molecule has 2 heterocycles. The van der Waals surface area contributed by atoms with Gasteiger partial charge in [-0.3, -0.25) is 9.58 Å². The molecule has 0 saturated heterocycles. The lowest BCUT2D eigenvalue weighted by atomic mass is 9.95. The van der Waals surface area contributed by atoms with Crippen LogP contribution in [0.5, 0.6) is 11.5 Å². The number of benzene rings is 1. The van der Waals surface area contributed by atoms with E-state index in [-0.39, 0.29) is 0 Å². The molecule has 1 aromatic heterocycles. The zero-order valence-electron chi connectivity index (χ0n) is 15.5. The maximum absolute atomic E-state index is 5.42. The second-order valence-corrected chi connectivity index (χ2v) is 6.50. The SMILES string of the molecule is COCC1CN(CCc2ccc(OC)c(OC)c2)Cc2c1cnn2C. The van der Waals surface area contributed by atoms with Gasteiger partial charge in [-0.25, -0.2) is 0 Å². The van der Waals surface area contributed by atoms with Gasteiger partial charge in [0.25, 0.3) is 0 Å². The van der Waals surface area contributed by atoms with Gasteiger partial charge in [0.1, 0.15) is 0 Å². The molecular formula is C19H27N3O3. The summed E-state index contributed by atoms with van der Waals surface area (Å²) in [7, 11) is 7.11. The standard InChI is InChI=1S/C19H27N3O3/c1-21-17-12-22(11-15(13-23-2)16(17)10-20-21)8-7-14-5-6-18(24-3)19(9-14)25-4/h5-6,9-10,15H,7-8,11-13H2,1-4H3. The summed E-state index contributed by atoms with van der Waals surface area (Å²) < 4.78 is 18.1. The third-order valence-electron chi connectivity index (χ3n) is 4.92. The van der Waals surface area contributed by atoms with Crippen LogP contribution in [0.15, 0.2) is 24.4 Å². The summed E-state index contributed by atoms with van der Waals surface area (Å²) in [6, 6.07) is 6.13. The van der Waals surface area contributed by atoms with Gasteiger partial charge in [0.15, 0.2) is 11.5 Å². The topological polar surface area (TPSA) is 48.8 Å². The van der Waals surface area contributed by atoms with E-state index >= 15 is 0 Å². The number of methoxy groups -OCH3 is 3. The number of fused-ring (bicyclic) bond motifs is 1. The van der Waals surface area contributed by atoms with E-state index in [1.165, 1.54) is 16.8 Å². The fraction of sp³-hybridized carbons (Fsp3) is 0.526. The minimum atomic E-state index is 0.382. The quantitative estimate of drug-likeness (QED) is 0.770. The predicted molar refractivity (Wildman–Crippen MR) is 96.4 cm³/mol. The van der Waals surface area contributed by atoms with Gasteiger partial charge >= 0.3 is 0 Å². The van der Waals surface area contributed by atoms with Crippen molar-refractivity contribution in [2.45, 2.75) is 18.9 Å². The number of nitrogens with zero attached hydrogens (tertiary/aromatic N) is 3. The van der Waals surface area contributed by atoms with Gasteiger partial charge < -0.3 is 14.2 Å². The first-order valence-corrected chi connectivity index (χ1v) is 8.59. The molecule has 1 aliphatic heterocycles. The van der Waals surface area contributed by atoms with E-state index < -0.39 is 0 Å². The second-order valence-electron chi connectivity index (χ2n) is 6.50. The Morgan fingerprint density at radius 3 is 2.68 bits per heavy atom. The van der Waals surface area contributed by atoms with Gasteiger partial charge in [-0.05, 0) is 24.1 Å². The zero-order valence-corrected chi connectivity index (χ0v) is 15.5. The number of rotatable bonds is 7. The molecule has 0 N–H and O–H groups in total. The van der Waals surface area contributed by atoms with Gasteiger partial charge in [0.2, 0.25) is 0 Å². The van der Waals surface area contributed by atoms with Crippen LogP contribution in [-0.4, -0.2) is 55.7 Å². The molecule has 0 radical (unpaired) electrons. The fourth-order valence-corrected chi connectivity index (χ4v) is 3.54. The van der Waals surface area contributed by atoms with Crippen molar-refractivity contribution in [2.75, 3.05) is 41.0 Å². The maximum atomic E-state index is 5.42. The molecule has 0 fully saturated rings. The highest BCUT2D eigenvalue weighted by Gasteiger charge is 2.27. The van der Waals surface area contributed by atoms with Gasteiger partial charge in [-0.2, -0.15) is 5.10 Å². The van der Waals surface area contributed by atoms with Crippen LogP contribution in [0.1, 0.15) is 22.7 Å². The first-order chi connectivity index (χ1) is 12.2. The van der Waals surface area contributed by atoms with Crippen LogP contribution in [0.25, 0.3) is 0 Å². The fourth-order valence-electron chi connectivity index (χ4n) is 3.54. The number of hydrogen-bond acceptors (Lipinski definition) is 5. The van der Waals surface area contributed by atoms with E-state index in [9.17, 15) is 0 Å².